The van der Waals surface area contributed by atoms with Crippen LogP contribution in [-0.4, -0.2) is 22.9 Å². The molecular weight excluding hydrogens is 190 g/mol. The van der Waals surface area contributed by atoms with Crippen LogP contribution in [0, 0.1) is 0 Å². The Kier molecular flexibility index (Phi) is 2.99. The van der Waals surface area contributed by atoms with Gasteiger partial charge in [-0.05, 0) is 12.1 Å². The van der Waals surface area contributed by atoms with Gasteiger partial charge in [0.25, 0.3) is 0 Å². The Hall–Kier alpha value is -1.81. The van der Waals surface area contributed by atoms with Crippen molar-refractivity contribution in [1.82, 2.24) is 9.78 Å². The van der Waals surface area contributed by atoms with E-state index in [1.807, 2.05) is 36.5 Å². The predicted molar refractivity (Wildman–Crippen MR) is 58.1 cm³/mol. The van der Waals surface area contributed by atoms with E-state index in [0.29, 0.717) is 13.2 Å². The van der Waals surface area contributed by atoms with Gasteiger partial charge in [0, 0.05) is 6.54 Å². The van der Waals surface area contributed by atoms with E-state index < -0.39 is 0 Å². The molecule has 0 bridgehead atoms. The van der Waals surface area contributed by atoms with Crippen molar-refractivity contribution in [3.63, 3.8) is 0 Å². The number of nitrogens with two attached hydrogens (primary N) is 1. The van der Waals surface area contributed by atoms with Gasteiger partial charge in [0.2, 0.25) is 0 Å². The second kappa shape index (κ2) is 4.61. The predicted octanol–water partition coefficient (Wildman–Crippen LogP) is 1.21. The number of rotatable bonds is 4. The highest BCUT2D eigenvalue weighted by atomic mass is 16.5. The topological polar surface area (TPSA) is 53.1 Å². The van der Waals surface area contributed by atoms with Gasteiger partial charge < -0.3 is 10.5 Å². The van der Waals surface area contributed by atoms with E-state index >= 15 is 0 Å². The summed E-state index contributed by atoms with van der Waals surface area (Å²) in [6.07, 6.45) is 3.52. The summed E-state index contributed by atoms with van der Waals surface area (Å²) in [5.74, 6) is 0.740. The minimum atomic E-state index is 0.510. The first-order valence-corrected chi connectivity index (χ1v) is 4.83. The number of aromatic nitrogens is 2. The van der Waals surface area contributed by atoms with E-state index in [1.165, 1.54) is 0 Å². The lowest BCUT2D eigenvalue weighted by Crippen LogP contribution is -2.10. The summed E-state index contributed by atoms with van der Waals surface area (Å²) >= 11 is 0. The number of hydrogen-bond donors (Lipinski definition) is 1. The third kappa shape index (κ3) is 2.35. The Labute approximate surface area is 88.3 Å². The van der Waals surface area contributed by atoms with Gasteiger partial charge in [-0.2, -0.15) is 5.10 Å². The van der Waals surface area contributed by atoms with Crippen molar-refractivity contribution in [3.05, 3.63) is 42.7 Å². The Balaban J connectivity index is 2.14. The average molecular weight is 203 g/mol. The van der Waals surface area contributed by atoms with E-state index in [9.17, 15) is 0 Å². The van der Waals surface area contributed by atoms with E-state index in [4.69, 9.17) is 10.5 Å². The standard InChI is InChI=1S/C11H13N3O/c12-6-7-15-11-8-13-14(9-11)10-4-2-1-3-5-10/h1-5,8-9H,6-7,12H2. The molecule has 2 N–H and O–H groups in total. The van der Waals surface area contributed by atoms with Crippen molar-refractivity contribution in [2.75, 3.05) is 13.2 Å². The fourth-order valence-corrected chi connectivity index (χ4v) is 1.28. The lowest BCUT2D eigenvalue weighted by molar-refractivity contribution is 0.328. The van der Waals surface area contributed by atoms with Crippen LogP contribution in [-0.2, 0) is 0 Å². The fourth-order valence-electron chi connectivity index (χ4n) is 1.28. The summed E-state index contributed by atoms with van der Waals surface area (Å²) in [5, 5.41) is 4.19. The first kappa shape index (κ1) is 9.73. The molecule has 0 aliphatic carbocycles. The Morgan fingerprint density at radius 2 is 2.07 bits per heavy atom. The van der Waals surface area contributed by atoms with E-state index in [-0.39, 0.29) is 0 Å². The van der Waals surface area contributed by atoms with Gasteiger partial charge in [0.15, 0.2) is 5.75 Å². The summed E-state index contributed by atoms with van der Waals surface area (Å²) in [5.41, 5.74) is 6.36. The lowest BCUT2D eigenvalue weighted by atomic mass is 10.3. The molecule has 0 aliphatic heterocycles. The van der Waals surface area contributed by atoms with Gasteiger partial charge in [-0.3, -0.25) is 0 Å². The monoisotopic (exact) mass is 203 g/mol. The average Bonchev–Trinajstić information content (AvgIpc) is 2.76. The van der Waals surface area contributed by atoms with Gasteiger partial charge >= 0.3 is 0 Å². The number of para-hydroxylation sites is 1. The van der Waals surface area contributed by atoms with Crippen molar-refractivity contribution >= 4 is 0 Å². The maximum Gasteiger partial charge on any atom is 0.157 e. The van der Waals surface area contributed by atoms with Crippen LogP contribution < -0.4 is 10.5 Å². The lowest BCUT2D eigenvalue weighted by Gasteiger charge is -2.00. The molecule has 0 saturated heterocycles. The van der Waals surface area contributed by atoms with Crippen molar-refractivity contribution in [2.24, 2.45) is 5.73 Å². The summed E-state index contributed by atoms with van der Waals surface area (Å²) in [4.78, 5) is 0. The van der Waals surface area contributed by atoms with Crippen molar-refractivity contribution in [2.45, 2.75) is 0 Å². The third-order valence-electron chi connectivity index (χ3n) is 1.97. The molecule has 1 aromatic heterocycles. The van der Waals surface area contributed by atoms with Gasteiger partial charge in [0.05, 0.1) is 18.1 Å². The number of hydrogen-bond acceptors (Lipinski definition) is 3. The van der Waals surface area contributed by atoms with Gasteiger partial charge in [-0.15, -0.1) is 0 Å². The molecule has 0 aliphatic rings. The van der Waals surface area contributed by atoms with Crippen LogP contribution in [0.15, 0.2) is 42.7 Å². The SMILES string of the molecule is NCCOc1cnn(-c2ccccc2)c1. The summed E-state index contributed by atoms with van der Waals surface area (Å²) in [6, 6.07) is 9.88. The van der Waals surface area contributed by atoms with Crippen molar-refractivity contribution in [1.29, 1.82) is 0 Å². The summed E-state index contributed by atoms with van der Waals surface area (Å²) in [7, 11) is 0. The maximum atomic E-state index is 5.35. The van der Waals surface area contributed by atoms with Crippen LogP contribution in [0.5, 0.6) is 5.75 Å². The zero-order valence-electron chi connectivity index (χ0n) is 8.34. The molecule has 0 amide bonds. The number of ether oxygens (including phenoxy) is 1. The Morgan fingerprint density at radius 3 is 2.80 bits per heavy atom. The maximum absolute atomic E-state index is 5.35. The number of nitrogens with zero attached hydrogens (tertiary/aromatic N) is 2. The molecule has 2 rings (SSSR count). The fraction of sp³-hybridized carbons (Fsp3) is 0.182. The Bertz CT molecular complexity index is 411. The molecule has 0 spiro atoms. The zero-order valence-corrected chi connectivity index (χ0v) is 8.34. The normalized spacial score (nSPS) is 10.2. The molecule has 15 heavy (non-hydrogen) atoms. The van der Waals surface area contributed by atoms with Gasteiger partial charge in [-0.1, -0.05) is 18.2 Å². The van der Waals surface area contributed by atoms with Crippen molar-refractivity contribution in [3.8, 4) is 11.4 Å². The first-order valence-electron chi connectivity index (χ1n) is 4.83. The third-order valence-corrected chi connectivity index (χ3v) is 1.97. The highest BCUT2D eigenvalue weighted by molar-refractivity contribution is 5.32. The van der Waals surface area contributed by atoms with Crippen LogP contribution in [0.1, 0.15) is 0 Å². The van der Waals surface area contributed by atoms with Gasteiger partial charge in [0.1, 0.15) is 6.61 Å². The van der Waals surface area contributed by atoms with Crippen LogP contribution in [0.4, 0.5) is 0 Å². The molecule has 1 aromatic carbocycles. The molecule has 0 radical (unpaired) electrons. The highest BCUT2D eigenvalue weighted by Gasteiger charge is 2.00. The van der Waals surface area contributed by atoms with E-state index in [0.717, 1.165) is 11.4 Å². The molecular formula is C11H13N3O. The van der Waals surface area contributed by atoms with E-state index in [1.54, 1.807) is 10.9 Å². The smallest absolute Gasteiger partial charge is 0.157 e. The highest BCUT2D eigenvalue weighted by Crippen LogP contribution is 2.12. The molecule has 0 saturated carbocycles. The zero-order chi connectivity index (χ0) is 10.5. The van der Waals surface area contributed by atoms with E-state index in [2.05, 4.69) is 5.10 Å². The molecule has 4 heteroatoms. The molecule has 78 valence electrons. The largest absolute Gasteiger partial charge is 0.489 e. The molecule has 0 fully saturated rings. The van der Waals surface area contributed by atoms with Gasteiger partial charge in [-0.25, -0.2) is 4.68 Å². The number of benzene rings is 1. The summed E-state index contributed by atoms with van der Waals surface area (Å²) in [6.45, 7) is 1.02. The molecule has 2 aromatic rings. The molecule has 0 unspecified atom stereocenters. The quantitative estimate of drug-likeness (QED) is 0.812. The second-order valence-corrected chi connectivity index (χ2v) is 3.09. The van der Waals surface area contributed by atoms with Crippen LogP contribution in [0.3, 0.4) is 0 Å². The van der Waals surface area contributed by atoms with Crippen LogP contribution >= 0.6 is 0 Å². The minimum Gasteiger partial charge on any atom is -0.489 e. The van der Waals surface area contributed by atoms with Crippen LogP contribution in [0.25, 0.3) is 5.69 Å². The summed E-state index contributed by atoms with van der Waals surface area (Å²) < 4.78 is 7.12. The Morgan fingerprint density at radius 1 is 1.27 bits per heavy atom. The molecule has 4 nitrogen and oxygen atoms in total. The minimum absolute atomic E-state index is 0.510. The molecule has 1 heterocycles. The first-order chi connectivity index (χ1) is 7.40. The van der Waals surface area contributed by atoms with Crippen LogP contribution in [0.2, 0.25) is 0 Å². The second-order valence-electron chi connectivity index (χ2n) is 3.09. The molecule has 0 atom stereocenters. The van der Waals surface area contributed by atoms with Crippen molar-refractivity contribution < 1.29 is 4.74 Å².